The first-order valence-electron chi connectivity index (χ1n) is 8.66. The van der Waals surface area contributed by atoms with Crippen LogP contribution in [-0.4, -0.2) is 30.0 Å². The number of hydrogen-bond acceptors (Lipinski definition) is 6. The van der Waals surface area contributed by atoms with Crippen LogP contribution in [0, 0.1) is 0 Å². The molecule has 142 valence electrons. The van der Waals surface area contributed by atoms with E-state index in [4.69, 9.17) is 9.26 Å². The van der Waals surface area contributed by atoms with E-state index in [1.807, 2.05) is 41.2 Å². The fourth-order valence-electron chi connectivity index (χ4n) is 3.04. The highest BCUT2D eigenvalue weighted by atomic mass is 32.2. The maximum absolute atomic E-state index is 12.5. The van der Waals surface area contributed by atoms with Crippen LogP contribution in [0.2, 0.25) is 0 Å². The van der Waals surface area contributed by atoms with E-state index in [2.05, 4.69) is 15.0 Å². The van der Waals surface area contributed by atoms with Gasteiger partial charge in [0, 0.05) is 30.9 Å². The van der Waals surface area contributed by atoms with Gasteiger partial charge in [-0.25, -0.2) is 13.1 Å². The number of nitrogens with zero attached hydrogens (tertiary/aromatic N) is 3. The molecule has 3 heterocycles. The van der Waals surface area contributed by atoms with Gasteiger partial charge in [0.05, 0.1) is 19.8 Å². The zero-order chi connectivity index (χ0) is 18.7. The molecular weight excluding hydrogens is 368 g/mol. The first-order valence-corrected chi connectivity index (χ1v) is 10.3. The van der Waals surface area contributed by atoms with Crippen LogP contribution in [0.3, 0.4) is 0 Å². The lowest BCUT2D eigenvalue weighted by molar-refractivity contribution is 0.102. The molecular formula is C18H20N4O4S. The third kappa shape index (κ3) is 4.44. The first kappa shape index (κ1) is 17.9. The Morgan fingerprint density at radius 1 is 1.22 bits per heavy atom. The van der Waals surface area contributed by atoms with Crippen LogP contribution in [0.15, 0.2) is 47.2 Å². The number of ether oxygens (including phenoxy) is 1. The van der Waals surface area contributed by atoms with E-state index in [-0.39, 0.29) is 12.3 Å². The summed E-state index contributed by atoms with van der Waals surface area (Å²) in [5.74, 6) is 0.500. The molecule has 0 spiro atoms. The van der Waals surface area contributed by atoms with E-state index < -0.39 is 10.0 Å². The van der Waals surface area contributed by atoms with Gasteiger partial charge in [0.2, 0.25) is 10.0 Å². The molecule has 0 fully saturated rings. The fourth-order valence-corrected chi connectivity index (χ4v) is 4.11. The normalized spacial score (nSPS) is 14.2. The van der Waals surface area contributed by atoms with E-state index in [9.17, 15) is 8.42 Å². The molecule has 9 heteroatoms. The molecule has 0 radical (unpaired) electrons. The quantitative estimate of drug-likeness (QED) is 0.660. The second-order valence-corrected chi connectivity index (χ2v) is 8.24. The zero-order valence-corrected chi connectivity index (χ0v) is 15.5. The van der Waals surface area contributed by atoms with Gasteiger partial charge in [-0.3, -0.25) is 4.68 Å². The van der Waals surface area contributed by atoms with Crippen LogP contribution in [0.4, 0.5) is 0 Å². The van der Waals surface area contributed by atoms with Crippen LogP contribution in [-0.2, 0) is 46.6 Å². The Hall–Kier alpha value is -2.49. The summed E-state index contributed by atoms with van der Waals surface area (Å²) >= 11 is 0. The Morgan fingerprint density at radius 3 is 2.96 bits per heavy atom. The number of rotatable bonds is 7. The Balaban J connectivity index is 1.39. The van der Waals surface area contributed by atoms with Crippen LogP contribution >= 0.6 is 0 Å². The Kier molecular flexibility index (Phi) is 5.06. The third-order valence-corrected chi connectivity index (χ3v) is 5.63. The van der Waals surface area contributed by atoms with Gasteiger partial charge in [-0.1, -0.05) is 29.4 Å². The number of hydrogen-bond donors (Lipinski definition) is 1. The molecule has 0 saturated heterocycles. The van der Waals surface area contributed by atoms with Crippen LogP contribution in [0.5, 0.6) is 0 Å². The SMILES string of the molecule is O=S(=O)(Cc1noc2c1COCC2)NCc1cccc(Cn2cccn2)c1. The minimum atomic E-state index is -3.54. The van der Waals surface area contributed by atoms with Gasteiger partial charge in [-0.05, 0) is 17.2 Å². The second kappa shape index (κ2) is 7.63. The summed E-state index contributed by atoms with van der Waals surface area (Å²) in [5.41, 5.74) is 3.12. The van der Waals surface area contributed by atoms with Crippen molar-refractivity contribution in [3.63, 3.8) is 0 Å². The van der Waals surface area contributed by atoms with Crippen molar-refractivity contribution in [3.8, 4) is 0 Å². The Bertz CT molecular complexity index is 1010. The smallest absolute Gasteiger partial charge is 0.217 e. The van der Waals surface area contributed by atoms with Crippen molar-refractivity contribution in [2.24, 2.45) is 0 Å². The highest BCUT2D eigenvalue weighted by Crippen LogP contribution is 2.22. The molecule has 0 bridgehead atoms. The van der Waals surface area contributed by atoms with Gasteiger partial charge in [0.25, 0.3) is 0 Å². The van der Waals surface area contributed by atoms with Gasteiger partial charge in [-0.2, -0.15) is 5.10 Å². The minimum absolute atomic E-state index is 0.214. The molecule has 1 N–H and O–H groups in total. The largest absolute Gasteiger partial charge is 0.376 e. The van der Waals surface area contributed by atoms with E-state index in [1.165, 1.54) is 0 Å². The summed E-state index contributed by atoms with van der Waals surface area (Å²) in [6.07, 6.45) is 4.24. The van der Waals surface area contributed by atoms with Crippen molar-refractivity contribution in [1.29, 1.82) is 0 Å². The summed E-state index contributed by atoms with van der Waals surface area (Å²) in [5, 5.41) is 8.09. The predicted molar refractivity (Wildman–Crippen MR) is 97.1 cm³/mol. The third-order valence-electron chi connectivity index (χ3n) is 4.39. The molecule has 27 heavy (non-hydrogen) atoms. The van der Waals surface area contributed by atoms with Crippen molar-refractivity contribution in [3.05, 3.63) is 70.9 Å². The number of nitrogens with one attached hydrogen (secondary N) is 1. The Morgan fingerprint density at radius 2 is 2.11 bits per heavy atom. The summed E-state index contributed by atoms with van der Waals surface area (Å²) in [6.45, 7) is 1.77. The average molecular weight is 388 g/mol. The van der Waals surface area contributed by atoms with Gasteiger partial charge in [0.15, 0.2) is 0 Å². The second-order valence-electron chi connectivity index (χ2n) is 6.44. The monoisotopic (exact) mass is 388 g/mol. The average Bonchev–Trinajstić information content (AvgIpc) is 3.31. The van der Waals surface area contributed by atoms with Gasteiger partial charge < -0.3 is 9.26 Å². The number of aromatic nitrogens is 3. The van der Waals surface area contributed by atoms with Crippen LogP contribution in [0.1, 0.15) is 28.1 Å². The molecule has 1 aliphatic heterocycles. The van der Waals surface area contributed by atoms with Crippen molar-refractivity contribution in [2.45, 2.75) is 31.9 Å². The fraction of sp³-hybridized carbons (Fsp3) is 0.333. The van der Waals surface area contributed by atoms with Crippen molar-refractivity contribution in [2.75, 3.05) is 6.61 Å². The maximum atomic E-state index is 12.5. The minimum Gasteiger partial charge on any atom is -0.376 e. The van der Waals surface area contributed by atoms with E-state index in [0.717, 1.165) is 22.5 Å². The highest BCUT2D eigenvalue weighted by molar-refractivity contribution is 7.88. The van der Waals surface area contributed by atoms with Crippen molar-refractivity contribution >= 4 is 10.0 Å². The number of fused-ring (bicyclic) bond motifs is 1. The summed E-state index contributed by atoms with van der Waals surface area (Å²) in [6, 6.07) is 9.62. The zero-order valence-electron chi connectivity index (χ0n) is 14.7. The van der Waals surface area contributed by atoms with Gasteiger partial charge in [0.1, 0.15) is 17.2 Å². The lowest BCUT2D eigenvalue weighted by Gasteiger charge is -2.11. The standard InChI is InChI=1S/C18H20N4O4S/c23-27(24,13-17-16-12-25-8-5-18(16)26-21-17)20-10-14-3-1-4-15(9-14)11-22-7-2-6-19-22/h1-4,6-7,9,20H,5,8,10-13H2. The molecule has 0 saturated carbocycles. The molecule has 2 aromatic heterocycles. The molecule has 8 nitrogen and oxygen atoms in total. The van der Waals surface area contributed by atoms with Crippen molar-refractivity contribution < 1.29 is 17.7 Å². The maximum Gasteiger partial charge on any atom is 0.217 e. The van der Waals surface area contributed by atoms with Gasteiger partial charge >= 0.3 is 0 Å². The molecule has 0 amide bonds. The topological polar surface area (TPSA) is 99.3 Å². The molecule has 0 unspecified atom stereocenters. The highest BCUT2D eigenvalue weighted by Gasteiger charge is 2.24. The molecule has 3 aromatic rings. The van der Waals surface area contributed by atoms with Crippen molar-refractivity contribution in [1.82, 2.24) is 19.7 Å². The summed E-state index contributed by atoms with van der Waals surface area (Å²) in [7, 11) is -3.54. The van der Waals surface area contributed by atoms with Crippen LogP contribution in [0.25, 0.3) is 0 Å². The van der Waals surface area contributed by atoms with Crippen LogP contribution < -0.4 is 4.72 Å². The summed E-state index contributed by atoms with van der Waals surface area (Å²) < 4.78 is 40.0. The lowest BCUT2D eigenvalue weighted by Crippen LogP contribution is -2.25. The Labute approximate surface area is 157 Å². The van der Waals surface area contributed by atoms with Gasteiger partial charge in [-0.15, -0.1) is 0 Å². The van der Waals surface area contributed by atoms with E-state index in [1.54, 1.807) is 6.20 Å². The molecule has 0 atom stereocenters. The first-order chi connectivity index (χ1) is 13.1. The molecule has 0 aliphatic carbocycles. The van der Waals surface area contributed by atoms with E-state index in [0.29, 0.717) is 31.9 Å². The number of sulfonamides is 1. The molecule has 4 rings (SSSR count). The summed E-state index contributed by atoms with van der Waals surface area (Å²) in [4.78, 5) is 0. The van der Waals surface area contributed by atoms with E-state index >= 15 is 0 Å². The lowest BCUT2D eigenvalue weighted by atomic mass is 10.1. The molecule has 1 aromatic carbocycles. The molecule has 1 aliphatic rings. The number of benzene rings is 1. The predicted octanol–water partition coefficient (Wildman–Crippen LogP) is 1.61.